The van der Waals surface area contributed by atoms with Gasteiger partial charge < -0.3 is 135 Å². The van der Waals surface area contributed by atoms with Crippen LogP contribution >= 0.6 is 0 Å². The average Bonchev–Trinajstić information content (AvgIpc) is 0.944. The molecular formula is C85H146N18O25. The lowest BCUT2D eigenvalue weighted by Gasteiger charge is -2.30. The molecule has 0 bridgehead atoms. The summed E-state index contributed by atoms with van der Waals surface area (Å²) in [5, 5.41) is 67.0. The molecule has 0 aliphatic carbocycles. The summed E-state index contributed by atoms with van der Waals surface area (Å²) in [5.41, 5.74) is 1.40. The van der Waals surface area contributed by atoms with E-state index in [2.05, 4.69) is 90.4 Å². The van der Waals surface area contributed by atoms with E-state index >= 15 is 14.4 Å². The molecule has 1 heterocycles. The lowest BCUT2D eigenvalue weighted by molar-refractivity contribution is -0.149. The monoisotopic (exact) mass is 1820 g/mol. The molecule has 21 N–H and O–H groups in total. The number of aliphatic hydroxyl groups excluding tert-OH is 2. The predicted octanol–water partition coefficient (Wildman–Crippen LogP) is 0.798. The quantitative estimate of drug-likeness (QED) is 0.0321. The van der Waals surface area contributed by atoms with Crippen molar-refractivity contribution in [1.82, 2.24) is 90.4 Å². The molecule has 1 saturated heterocycles. The Kier molecular flexibility index (Phi) is 48.6. The van der Waals surface area contributed by atoms with Gasteiger partial charge in [-0.15, -0.1) is 0 Å². The summed E-state index contributed by atoms with van der Waals surface area (Å²) in [6.45, 7) is 30.3. The van der Waals surface area contributed by atoms with Crippen molar-refractivity contribution in [3.05, 3.63) is 35.9 Å². The van der Waals surface area contributed by atoms with Crippen molar-refractivity contribution >= 4 is 101 Å². The van der Waals surface area contributed by atoms with Crippen LogP contribution in [0.25, 0.3) is 0 Å². The number of nitrogens with one attached hydrogen (secondary N) is 17. The van der Waals surface area contributed by atoms with E-state index in [1.54, 1.807) is 155 Å². The van der Waals surface area contributed by atoms with Crippen molar-refractivity contribution in [2.75, 3.05) is 52.4 Å². The number of aliphatic hydroxyl groups is 2. The number of hydrogen-bond donors (Lipinski definition) is 20. The number of rotatable bonds is 38. The summed E-state index contributed by atoms with van der Waals surface area (Å²) in [6.07, 6.45) is -11.1. The maximum Gasteiger partial charge on any atom is 0.407 e. The maximum atomic E-state index is 15.4. The summed E-state index contributed by atoms with van der Waals surface area (Å²) in [6, 6.07) is -9.68. The molecule has 1 aromatic carbocycles. The fourth-order valence-corrected chi connectivity index (χ4v) is 12.2. The molecule has 128 heavy (non-hydrogen) atoms. The van der Waals surface area contributed by atoms with E-state index < -0.39 is 266 Å². The summed E-state index contributed by atoms with van der Waals surface area (Å²) >= 11 is 0. The van der Waals surface area contributed by atoms with Gasteiger partial charge in [0.05, 0.1) is 30.8 Å². The Bertz CT molecular complexity index is 3800. The van der Waals surface area contributed by atoms with E-state index in [1.165, 1.54) is 0 Å². The second-order valence-corrected chi connectivity index (χ2v) is 36.8. The van der Waals surface area contributed by atoms with Crippen LogP contribution in [0.4, 0.5) is 24.0 Å². The lowest BCUT2D eigenvalue weighted by Crippen LogP contribution is -2.62. The van der Waals surface area contributed by atoms with Crippen LogP contribution in [-0.2, 0) is 92.4 Å². The van der Waals surface area contributed by atoms with Crippen molar-refractivity contribution in [2.45, 2.75) is 342 Å². The Morgan fingerprint density at radius 1 is 0.461 bits per heavy atom. The van der Waals surface area contributed by atoms with Crippen molar-refractivity contribution in [1.29, 1.82) is 0 Å². The number of amides is 16. The first-order chi connectivity index (χ1) is 59.4. The predicted molar refractivity (Wildman–Crippen MR) is 469 cm³/mol. The van der Waals surface area contributed by atoms with Crippen LogP contribution in [-0.4, -0.2) is 277 Å². The van der Waals surface area contributed by atoms with Crippen molar-refractivity contribution < 1.29 is 120 Å². The maximum absolute atomic E-state index is 15.4. The summed E-state index contributed by atoms with van der Waals surface area (Å²) in [4.78, 5) is 240. The number of carbonyl (C=O) groups excluding carboxylic acids is 17. The van der Waals surface area contributed by atoms with Gasteiger partial charge in [0.1, 0.15) is 82.4 Å². The number of hydrogen-bond acceptors (Lipinski definition) is 27. The van der Waals surface area contributed by atoms with Gasteiger partial charge in [-0.25, -0.2) is 24.0 Å². The molecule has 1 fully saturated rings. The van der Waals surface area contributed by atoms with Crippen LogP contribution in [0.3, 0.4) is 0 Å². The number of carbonyl (C=O) groups is 17. The standard InChI is InChI=1S/C85H146N18O25/c1-22-26-49(4)123-63(107)30-29-62(106)95-55(31-38-86)68(110)96-59(37-44-92-80(122)128-85(19,20)21)71(113)103-65(51(6)105)75(117)99-56(34-41-89-77(119)125-82(10,11)12)67(109)94-53-32-39-87-74(116)64(50(5)104)102-70(112)58(36-43-91-79(121)127-84(16,17)18)97-69(111)57(35-42-90-78(120)126-83(13,14)15)98-72(114)60(45-48(2)3)100-73(115)61(46-52-27-24-23-25-28-52)101-66(108)54(93-47-53)33-40-88-76(118)124-81(7,8)9/h23-25,27-28,48-51,53-61,64-65,93,104-105H,22,26,29-47,86H2,1-21H3,(H,87,116)(H,88,118)(H,89,119)(H,90,120)(H,91,121)(H,92,122)(H,94,109)(H,95,106)(H,96,110)(H,97,111)(H,98,114)(H,99,117)(H,100,115)(H,101,108)(H,102,112)(H,103,113)/t49?,50?,51?,53-,54-,55-,56-,57-,58-,59-,60-,61+,64-,65-/m0/s1. The Hall–Kier alpha value is -11.0. The van der Waals surface area contributed by atoms with Gasteiger partial charge in [0.25, 0.3) is 0 Å². The second-order valence-electron chi connectivity index (χ2n) is 36.8. The zero-order chi connectivity index (χ0) is 97.2. The van der Waals surface area contributed by atoms with Gasteiger partial charge in [-0.3, -0.25) is 57.5 Å². The van der Waals surface area contributed by atoms with Crippen molar-refractivity contribution in [3.8, 4) is 0 Å². The fraction of sp³-hybridized carbons (Fsp3) is 0.729. The van der Waals surface area contributed by atoms with E-state index in [0.29, 0.717) is 12.0 Å². The van der Waals surface area contributed by atoms with E-state index in [9.17, 15) is 77.3 Å². The molecule has 2 rings (SSSR count). The van der Waals surface area contributed by atoms with Crippen LogP contribution in [0.2, 0.25) is 0 Å². The smallest absolute Gasteiger partial charge is 0.407 e. The largest absolute Gasteiger partial charge is 0.463 e. The number of alkyl carbamates (subject to hydrolysis) is 5. The molecule has 14 atom stereocenters. The highest BCUT2D eigenvalue weighted by atomic mass is 16.6. The highest BCUT2D eigenvalue weighted by molar-refractivity contribution is 5.99. The molecule has 0 aromatic heterocycles. The van der Waals surface area contributed by atoms with Gasteiger partial charge in [0.2, 0.25) is 65.0 Å². The molecule has 43 heteroatoms. The summed E-state index contributed by atoms with van der Waals surface area (Å²) < 4.78 is 32.4. The first kappa shape index (κ1) is 113. The Labute approximate surface area is 750 Å². The van der Waals surface area contributed by atoms with E-state index in [1.807, 2.05) is 6.92 Å². The third kappa shape index (κ3) is 49.4. The van der Waals surface area contributed by atoms with Gasteiger partial charge in [0.15, 0.2) is 0 Å². The zero-order valence-electron chi connectivity index (χ0n) is 78.3. The lowest BCUT2D eigenvalue weighted by atomic mass is 10.00. The van der Waals surface area contributed by atoms with E-state index in [-0.39, 0.29) is 77.2 Å². The van der Waals surface area contributed by atoms with Gasteiger partial charge in [-0.05, 0) is 200 Å². The second kappa shape index (κ2) is 55.0. The average molecular weight is 1820 g/mol. The first-order valence-electron chi connectivity index (χ1n) is 43.5. The molecule has 0 radical (unpaired) electrons. The van der Waals surface area contributed by atoms with Crippen LogP contribution in [0.5, 0.6) is 0 Å². The number of ether oxygens (including phenoxy) is 6. The molecule has 1 aromatic rings. The topological polar surface area (TPSA) is 617 Å². The molecule has 726 valence electrons. The van der Waals surface area contributed by atoms with Gasteiger partial charge >= 0.3 is 36.4 Å². The number of nitrogens with two attached hydrogens (primary N) is 1. The summed E-state index contributed by atoms with van der Waals surface area (Å²) in [7, 11) is 0. The van der Waals surface area contributed by atoms with E-state index in [0.717, 1.165) is 20.3 Å². The van der Waals surface area contributed by atoms with Crippen LogP contribution in [0.1, 0.15) is 228 Å². The highest BCUT2D eigenvalue weighted by Crippen LogP contribution is 2.17. The fourth-order valence-electron chi connectivity index (χ4n) is 12.2. The molecule has 43 nitrogen and oxygen atoms in total. The molecular weight excluding hydrogens is 1670 g/mol. The Morgan fingerprint density at radius 2 is 0.859 bits per heavy atom. The number of esters is 1. The van der Waals surface area contributed by atoms with Gasteiger partial charge in [-0.1, -0.05) is 57.5 Å². The molecule has 1 aliphatic rings. The molecule has 1 aliphatic heterocycles. The minimum Gasteiger partial charge on any atom is -0.463 e. The van der Waals surface area contributed by atoms with Crippen LogP contribution in [0.15, 0.2) is 30.3 Å². The summed E-state index contributed by atoms with van der Waals surface area (Å²) in [5.74, 6) is -12.3. The normalized spacial score (nSPS) is 19.6. The molecule has 3 unspecified atom stereocenters. The Morgan fingerprint density at radius 3 is 1.30 bits per heavy atom. The third-order valence-corrected chi connectivity index (χ3v) is 18.2. The molecule has 16 amide bonds. The minimum atomic E-state index is -2.02. The van der Waals surface area contributed by atoms with Crippen LogP contribution in [0, 0.1) is 5.92 Å². The zero-order valence-corrected chi connectivity index (χ0v) is 78.3. The SMILES string of the molecule is CCCC(C)OC(=O)CCC(=O)N[C@@H](CCN)C(=O)N[C@@H](CCNC(=O)OC(C)(C)C)C(=O)N[C@H](C(=O)N[C@@H](CCNC(=O)OC(C)(C)C)C(=O)N[C@H]1CCNC(=O)[C@H](C(C)O)NC(=O)[C@H](CCNC(=O)OC(C)(C)C)NC(=O)[C@H](CCNC(=O)OC(C)(C)C)NC(=O)[C@H](CC(C)C)NC(=O)[C@@H](Cc2ccccc2)NC(=O)[C@H](CCNC(=O)OC(C)(C)C)NC1)C(C)O. The third-order valence-electron chi connectivity index (χ3n) is 18.2. The van der Waals surface area contributed by atoms with Gasteiger partial charge in [0, 0.05) is 64.7 Å². The van der Waals surface area contributed by atoms with Crippen molar-refractivity contribution in [3.63, 3.8) is 0 Å². The highest BCUT2D eigenvalue weighted by Gasteiger charge is 2.39. The number of benzene rings is 1. The molecule has 0 spiro atoms. The van der Waals surface area contributed by atoms with Crippen molar-refractivity contribution in [2.24, 2.45) is 11.7 Å². The Balaban J connectivity index is 3.09. The van der Waals surface area contributed by atoms with Crippen LogP contribution < -0.4 is 96.1 Å². The van der Waals surface area contributed by atoms with Gasteiger partial charge in [-0.2, -0.15) is 0 Å². The van der Waals surface area contributed by atoms with E-state index in [4.69, 9.17) is 34.2 Å². The first-order valence-corrected chi connectivity index (χ1v) is 43.5. The minimum absolute atomic E-state index is 0.0992. The molecule has 0 saturated carbocycles.